The number of ketones is 1. The van der Waals surface area contributed by atoms with Gasteiger partial charge in [-0.2, -0.15) is 12.6 Å². The monoisotopic (exact) mass is 245 g/mol. The number of nitrogens with two attached hydrogens (primary N) is 1. The fraction of sp³-hybridized carbons (Fsp3) is 0.222. The standard InChI is InChI=1S/C9H11NO3S2/c10-15(12,13)9-4-2-1-3-7(9)5-8(11)6-14/h1-4,14H,5-6H2,(H2,10,12,13). The number of thiol groups is 1. The average molecular weight is 245 g/mol. The van der Waals surface area contributed by atoms with Gasteiger partial charge in [-0.05, 0) is 11.6 Å². The lowest BCUT2D eigenvalue weighted by Crippen LogP contribution is -2.16. The Morgan fingerprint density at radius 1 is 1.33 bits per heavy atom. The lowest BCUT2D eigenvalue weighted by molar-refractivity contribution is -0.116. The van der Waals surface area contributed by atoms with Crippen LogP contribution in [0, 0.1) is 0 Å². The highest BCUT2D eigenvalue weighted by atomic mass is 32.2. The fourth-order valence-corrected chi connectivity index (χ4v) is 2.08. The maximum Gasteiger partial charge on any atom is 0.238 e. The molecule has 0 radical (unpaired) electrons. The van der Waals surface area contributed by atoms with Crippen LogP contribution in [0.2, 0.25) is 0 Å². The van der Waals surface area contributed by atoms with Crippen LogP contribution >= 0.6 is 12.6 Å². The number of carbonyl (C=O) groups excluding carboxylic acids is 1. The molecule has 0 spiro atoms. The van der Waals surface area contributed by atoms with Crippen molar-refractivity contribution in [3.63, 3.8) is 0 Å². The molecular formula is C9H11NO3S2. The molecule has 0 aromatic heterocycles. The summed E-state index contributed by atoms with van der Waals surface area (Å²) in [5.74, 6) is -0.0617. The highest BCUT2D eigenvalue weighted by Crippen LogP contribution is 2.14. The van der Waals surface area contributed by atoms with E-state index < -0.39 is 10.0 Å². The normalized spacial score (nSPS) is 11.3. The van der Waals surface area contributed by atoms with E-state index in [-0.39, 0.29) is 22.9 Å². The van der Waals surface area contributed by atoms with E-state index in [0.29, 0.717) is 5.56 Å². The highest BCUT2D eigenvalue weighted by Gasteiger charge is 2.14. The van der Waals surface area contributed by atoms with E-state index in [4.69, 9.17) is 5.14 Å². The summed E-state index contributed by atoms with van der Waals surface area (Å²) in [5.41, 5.74) is 0.416. The molecule has 0 saturated heterocycles. The van der Waals surface area contributed by atoms with Gasteiger partial charge in [-0.1, -0.05) is 18.2 Å². The van der Waals surface area contributed by atoms with Gasteiger partial charge in [0.05, 0.1) is 4.90 Å². The van der Waals surface area contributed by atoms with E-state index in [1.54, 1.807) is 18.2 Å². The van der Waals surface area contributed by atoms with E-state index in [2.05, 4.69) is 12.6 Å². The Hall–Kier alpha value is -0.850. The summed E-state index contributed by atoms with van der Waals surface area (Å²) in [5, 5.41) is 5.02. The van der Waals surface area contributed by atoms with Crippen LogP contribution in [0.5, 0.6) is 0 Å². The molecule has 15 heavy (non-hydrogen) atoms. The Bertz CT molecular complexity index is 468. The highest BCUT2D eigenvalue weighted by molar-refractivity contribution is 7.89. The number of hydrogen-bond donors (Lipinski definition) is 2. The van der Waals surface area contributed by atoms with Crippen LogP contribution in [-0.4, -0.2) is 20.0 Å². The van der Waals surface area contributed by atoms with Crippen molar-refractivity contribution in [2.45, 2.75) is 11.3 Å². The van der Waals surface area contributed by atoms with Crippen molar-refractivity contribution in [2.75, 3.05) is 5.75 Å². The minimum atomic E-state index is -3.76. The van der Waals surface area contributed by atoms with Gasteiger partial charge < -0.3 is 0 Å². The van der Waals surface area contributed by atoms with Crippen LogP contribution in [0.1, 0.15) is 5.56 Å². The Kier molecular flexibility index (Phi) is 3.90. The summed E-state index contributed by atoms with van der Waals surface area (Å²) in [6.07, 6.45) is 0.0378. The number of rotatable bonds is 4. The quantitative estimate of drug-likeness (QED) is 0.753. The van der Waals surface area contributed by atoms with Gasteiger partial charge in [0.2, 0.25) is 10.0 Å². The van der Waals surface area contributed by atoms with Crippen LogP contribution in [0.3, 0.4) is 0 Å². The first kappa shape index (κ1) is 12.2. The Labute approximate surface area is 93.9 Å². The van der Waals surface area contributed by atoms with Crippen LogP contribution in [0.25, 0.3) is 0 Å². The molecule has 0 fully saturated rings. The third kappa shape index (κ3) is 3.33. The van der Waals surface area contributed by atoms with E-state index >= 15 is 0 Å². The van der Waals surface area contributed by atoms with E-state index in [0.717, 1.165) is 0 Å². The van der Waals surface area contributed by atoms with Gasteiger partial charge in [0.25, 0.3) is 0 Å². The molecule has 0 aliphatic carbocycles. The summed E-state index contributed by atoms with van der Waals surface area (Å²) in [7, 11) is -3.76. The lowest BCUT2D eigenvalue weighted by Gasteiger charge is -2.05. The minimum Gasteiger partial charge on any atom is -0.298 e. The number of Topliss-reactive ketones (excluding diaryl/α,β-unsaturated/α-hetero) is 1. The molecule has 0 amide bonds. The van der Waals surface area contributed by atoms with Gasteiger partial charge in [-0.25, -0.2) is 13.6 Å². The Balaban J connectivity index is 3.13. The van der Waals surface area contributed by atoms with Crippen molar-refractivity contribution in [3.05, 3.63) is 29.8 Å². The van der Waals surface area contributed by atoms with Gasteiger partial charge in [0, 0.05) is 12.2 Å². The molecule has 0 atom stereocenters. The first-order chi connectivity index (χ1) is 6.95. The maximum absolute atomic E-state index is 11.2. The van der Waals surface area contributed by atoms with E-state index in [1.165, 1.54) is 6.07 Å². The van der Waals surface area contributed by atoms with Crippen molar-refractivity contribution in [1.29, 1.82) is 0 Å². The van der Waals surface area contributed by atoms with Crippen LogP contribution in [0.4, 0.5) is 0 Å². The molecule has 1 aromatic rings. The summed E-state index contributed by atoms with van der Waals surface area (Å²) in [6.45, 7) is 0. The molecule has 0 unspecified atom stereocenters. The molecular weight excluding hydrogens is 234 g/mol. The average Bonchev–Trinajstić information content (AvgIpc) is 2.17. The van der Waals surface area contributed by atoms with Gasteiger partial charge in [0.1, 0.15) is 5.78 Å². The van der Waals surface area contributed by atoms with Gasteiger partial charge in [-0.3, -0.25) is 4.79 Å². The second-order valence-electron chi connectivity index (χ2n) is 3.03. The molecule has 82 valence electrons. The zero-order valence-electron chi connectivity index (χ0n) is 7.88. The molecule has 0 heterocycles. The summed E-state index contributed by atoms with van der Waals surface area (Å²) in [6, 6.07) is 6.18. The summed E-state index contributed by atoms with van der Waals surface area (Å²) in [4.78, 5) is 11.1. The third-order valence-corrected chi connectivity index (χ3v) is 3.21. The van der Waals surface area contributed by atoms with Crippen molar-refractivity contribution in [3.8, 4) is 0 Å². The molecule has 6 heteroatoms. The van der Waals surface area contributed by atoms with Crippen molar-refractivity contribution in [1.82, 2.24) is 0 Å². The largest absolute Gasteiger partial charge is 0.298 e. The molecule has 0 aliphatic heterocycles. The van der Waals surface area contributed by atoms with E-state index in [9.17, 15) is 13.2 Å². The maximum atomic E-state index is 11.2. The number of hydrogen-bond acceptors (Lipinski definition) is 4. The summed E-state index contributed by atoms with van der Waals surface area (Å²) < 4.78 is 22.3. The first-order valence-corrected chi connectivity index (χ1v) is 6.36. The lowest BCUT2D eigenvalue weighted by atomic mass is 10.1. The second kappa shape index (κ2) is 4.78. The SMILES string of the molecule is NS(=O)(=O)c1ccccc1CC(=O)CS. The predicted octanol–water partition coefficient (Wildman–Crippen LogP) is 0.375. The summed E-state index contributed by atoms with van der Waals surface area (Å²) >= 11 is 3.82. The Morgan fingerprint density at radius 3 is 2.47 bits per heavy atom. The van der Waals surface area contributed by atoms with Crippen molar-refractivity contribution < 1.29 is 13.2 Å². The number of sulfonamides is 1. The van der Waals surface area contributed by atoms with Crippen LogP contribution < -0.4 is 5.14 Å². The van der Waals surface area contributed by atoms with Crippen LogP contribution in [0.15, 0.2) is 29.2 Å². The topological polar surface area (TPSA) is 77.2 Å². The molecule has 0 aliphatic rings. The smallest absolute Gasteiger partial charge is 0.238 e. The molecule has 1 rings (SSSR count). The van der Waals surface area contributed by atoms with Crippen molar-refractivity contribution >= 4 is 28.4 Å². The minimum absolute atomic E-state index is 0.000123. The fourth-order valence-electron chi connectivity index (χ4n) is 1.20. The Morgan fingerprint density at radius 2 is 1.93 bits per heavy atom. The zero-order valence-corrected chi connectivity index (χ0v) is 9.59. The zero-order chi connectivity index (χ0) is 11.5. The van der Waals surface area contributed by atoms with Gasteiger partial charge in [-0.15, -0.1) is 0 Å². The first-order valence-electron chi connectivity index (χ1n) is 4.18. The number of carbonyl (C=O) groups is 1. The molecule has 0 bridgehead atoms. The van der Waals surface area contributed by atoms with Gasteiger partial charge >= 0.3 is 0 Å². The number of benzene rings is 1. The number of primary sulfonamides is 1. The van der Waals surface area contributed by atoms with Gasteiger partial charge in [0.15, 0.2) is 0 Å². The second-order valence-corrected chi connectivity index (χ2v) is 4.87. The molecule has 2 N–H and O–H groups in total. The van der Waals surface area contributed by atoms with Crippen LogP contribution in [-0.2, 0) is 21.2 Å². The molecule has 0 saturated carbocycles. The molecule has 4 nitrogen and oxygen atoms in total. The third-order valence-electron chi connectivity index (χ3n) is 1.84. The molecule has 1 aromatic carbocycles. The van der Waals surface area contributed by atoms with E-state index in [1.807, 2.05) is 0 Å². The van der Waals surface area contributed by atoms with Crippen molar-refractivity contribution in [2.24, 2.45) is 5.14 Å². The predicted molar refractivity (Wildman–Crippen MR) is 60.4 cm³/mol.